The lowest BCUT2D eigenvalue weighted by Gasteiger charge is -2.11. The smallest absolute Gasteiger partial charge is 0.439 e. The molecule has 9 heteroatoms. The van der Waals surface area contributed by atoms with Crippen molar-refractivity contribution in [3.05, 3.63) is 41.5 Å². The van der Waals surface area contributed by atoms with E-state index in [1.165, 1.54) is 12.1 Å². The molecule has 112 valence electrons. The molecule has 1 aromatic heterocycles. The van der Waals surface area contributed by atoms with Gasteiger partial charge in [0.2, 0.25) is 11.7 Å². The molecule has 0 radical (unpaired) electrons. The molecule has 21 heavy (non-hydrogen) atoms. The maximum absolute atomic E-state index is 13.4. The number of nitrogens with two attached hydrogens (primary N) is 1. The SMILES string of the molecule is Cc1ccc(Oc2cc(NN)nc(C(F)(F)F)n2)cc1F. The van der Waals surface area contributed by atoms with Gasteiger partial charge in [0.15, 0.2) is 0 Å². The molecule has 0 aliphatic carbocycles. The van der Waals surface area contributed by atoms with E-state index < -0.39 is 23.7 Å². The van der Waals surface area contributed by atoms with Crippen LogP contribution in [0.25, 0.3) is 0 Å². The molecule has 0 saturated heterocycles. The van der Waals surface area contributed by atoms with Crippen LogP contribution in [-0.2, 0) is 6.18 Å². The monoisotopic (exact) mass is 302 g/mol. The van der Waals surface area contributed by atoms with Crippen LogP contribution in [0.4, 0.5) is 23.4 Å². The molecule has 3 N–H and O–H groups in total. The second-order valence-corrected chi connectivity index (χ2v) is 4.07. The third kappa shape index (κ3) is 3.57. The summed E-state index contributed by atoms with van der Waals surface area (Å²) in [4.78, 5) is 6.39. The van der Waals surface area contributed by atoms with E-state index in [2.05, 4.69) is 9.97 Å². The first-order valence-corrected chi connectivity index (χ1v) is 5.66. The van der Waals surface area contributed by atoms with E-state index in [1.807, 2.05) is 5.43 Å². The number of alkyl halides is 3. The van der Waals surface area contributed by atoms with Crippen molar-refractivity contribution in [1.82, 2.24) is 9.97 Å². The van der Waals surface area contributed by atoms with Crippen molar-refractivity contribution in [1.29, 1.82) is 0 Å². The van der Waals surface area contributed by atoms with Crippen LogP contribution in [-0.4, -0.2) is 9.97 Å². The molecular formula is C12H10F4N4O. The normalized spacial score (nSPS) is 11.3. The zero-order valence-corrected chi connectivity index (χ0v) is 10.7. The number of nitrogens with zero attached hydrogens (tertiary/aromatic N) is 2. The quantitative estimate of drug-likeness (QED) is 0.518. The highest BCUT2D eigenvalue weighted by Gasteiger charge is 2.35. The number of rotatable bonds is 3. The summed E-state index contributed by atoms with van der Waals surface area (Å²) in [5.41, 5.74) is 2.36. The van der Waals surface area contributed by atoms with Gasteiger partial charge in [0, 0.05) is 12.1 Å². The summed E-state index contributed by atoms with van der Waals surface area (Å²) in [6, 6.07) is 4.94. The molecule has 0 spiro atoms. The van der Waals surface area contributed by atoms with E-state index in [0.717, 1.165) is 12.1 Å². The number of aromatic nitrogens is 2. The molecule has 0 fully saturated rings. The zero-order chi connectivity index (χ0) is 15.6. The fourth-order valence-corrected chi connectivity index (χ4v) is 1.44. The van der Waals surface area contributed by atoms with Crippen LogP contribution in [0, 0.1) is 12.7 Å². The van der Waals surface area contributed by atoms with Crippen molar-refractivity contribution in [2.75, 3.05) is 5.43 Å². The van der Waals surface area contributed by atoms with Crippen LogP contribution >= 0.6 is 0 Å². The minimum atomic E-state index is -4.76. The maximum atomic E-state index is 13.4. The number of nitrogen functional groups attached to an aromatic ring is 1. The molecule has 0 bridgehead atoms. The molecular weight excluding hydrogens is 292 g/mol. The Balaban J connectivity index is 2.36. The van der Waals surface area contributed by atoms with Gasteiger partial charge in [0.1, 0.15) is 17.4 Å². The van der Waals surface area contributed by atoms with E-state index in [9.17, 15) is 17.6 Å². The minimum absolute atomic E-state index is 0.00731. The van der Waals surface area contributed by atoms with Gasteiger partial charge in [-0.3, -0.25) is 0 Å². The van der Waals surface area contributed by atoms with E-state index in [0.29, 0.717) is 5.56 Å². The fraction of sp³-hybridized carbons (Fsp3) is 0.167. The number of hydrogen-bond acceptors (Lipinski definition) is 5. The van der Waals surface area contributed by atoms with Crippen LogP contribution in [0.3, 0.4) is 0 Å². The Morgan fingerprint density at radius 1 is 1.19 bits per heavy atom. The fourth-order valence-electron chi connectivity index (χ4n) is 1.44. The number of nitrogens with one attached hydrogen (secondary N) is 1. The molecule has 0 aliphatic rings. The Hall–Kier alpha value is -2.42. The molecule has 0 amide bonds. The summed E-state index contributed by atoms with van der Waals surface area (Å²) in [5, 5.41) is 0. The van der Waals surface area contributed by atoms with Gasteiger partial charge in [0.05, 0.1) is 0 Å². The second-order valence-electron chi connectivity index (χ2n) is 4.07. The van der Waals surface area contributed by atoms with Crippen LogP contribution in [0.15, 0.2) is 24.3 Å². The van der Waals surface area contributed by atoms with Gasteiger partial charge in [-0.15, -0.1) is 0 Å². The van der Waals surface area contributed by atoms with Crippen molar-refractivity contribution < 1.29 is 22.3 Å². The van der Waals surface area contributed by atoms with E-state index in [4.69, 9.17) is 10.6 Å². The standard InChI is InChI=1S/C12H10F4N4O/c1-6-2-3-7(4-8(6)13)21-10-5-9(20-17)18-11(19-10)12(14,15)16/h2-5H,17H2,1H3,(H,18,19,20). The third-order valence-corrected chi connectivity index (χ3v) is 2.47. The molecule has 0 saturated carbocycles. The molecule has 0 aliphatic heterocycles. The van der Waals surface area contributed by atoms with Gasteiger partial charge < -0.3 is 10.2 Å². The van der Waals surface area contributed by atoms with E-state index in [-0.39, 0.29) is 11.6 Å². The Morgan fingerprint density at radius 3 is 2.48 bits per heavy atom. The highest BCUT2D eigenvalue weighted by Crippen LogP contribution is 2.30. The van der Waals surface area contributed by atoms with Gasteiger partial charge in [-0.05, 0) is 18.6 Å². The maximum Gasteiger partial charge on any atom is 0.451 e. The average Bonchev–Trinajstić information content (AvgIpc) is 2.41. The summed E-state index contributed by atoms with van der Waals surface area (Å²) < 4.78 is 56.4. The number of benzene rings is 1. The summed E-state index contributed by atoms with van der Waals surface area (Å²) >= 11 is 0. The number of halogens is 4. The van der Waals surface area contributed by atoms with E-state index in [1.54, 1.807) is 6.92 Å². The third-order valence-electron chi connectivity index (χ3n) is 2.47. The lowest BCUT2D eigenvalue weighted by Crippen LogP contribution is -2.16. The molecule has 2 rings (SSSR count). The largest absolute Gasteiger partial charge is 0.451 e. The topological polar surface area (TPSA) is 73.1 Å². The Labute approximate surface area is 116 Å². The lowest BCUT2D eigenvalue weighted by molar-refractivity contribution is -0.145. The van der Waals surface area contributed by atoms with Crippen LogP contribution in [0.1, 0.15) is 11.4 Å². The van der Waals surface area contributed by atoms with Crippen molar-refractivity contribution in [2.24, 2.45) is 5.84 Å². The summed E-state index contributed by atoms with van der Waals surface area (Å²) in [5.74, 6) is 2.40. The second kappa shape index (κ2) is 5.52. The molecule has 5 nitrogen and oxygen atoms in total. The number of aryl methyl sites for hydroxylation is 1. The van der Waals surface area contributed by atoms with Gasteiger partial charge in [-0.25, -0.2) is 15.2 Å². The van der Waals surface area contributed by atoms with Crippen molar-refractivity contribution >= 4 is 5.82 Å². The van der Waals surface area contributed by atoms with Gasteiger partial charge >= 0.3 is 6.18 Å². The Bertz CT molecular complexity index is 660. The number of ether oxygens (including phenoxy) is 1. The molecule has 0 atom stereocenters. The average molecular weight is 302 g/mol. The van der Waals surface area contributed by atoms with Gasteiger partial charge in [0.25, 0.3) is 0 Å². The lowest BCUT2D eigenvalue weighted by atomic mass is 10.2. The highest BCUT2D eigenvalue weighted by atomic mass is 19.4. The predicted molar refractivity (Wildman–Crippen MR) is 66.1 cm³/mol. The van der Waals surface area contributed by atoms with E-state index >= 15 is 0 Å². The van der Waals surface area contributed by atoms with Gasteiger partial charge in [-0.1, -0.05) is 6.07 Å². The Morgan fingerprint density at radius 2 is 1.90 bits per heavy atom. The van der Waals surface area contributed by atoms with Gasteiger partial charge in [-0.2, -0.15) is 18.2 Å². The molecule has 2 aromatic rings. The summed E-state index contributed by atoms with van der Waals surface area (Å²) in [6.07, 6.45) is -4.76. The summed E-state index contributed by atoms with van der Waals surface area (Å²) in [6.45, 7) is 1.54. The van der Waals surface area contributed by atoms with Crippen LogP contribution < -0.4 is 16.0 Å². The number of hydrazine groups is 1. The number of hydrogen-bond donors (Lipinski definition) is 2. The summed E-state index contributed by atoms with van der Waals surface area (Å²) in [7, 11) is 0. The first kappa shape index (κ1) is 15.0. The first-order valence-electron chi connectivity index (χ1n) is 5.66. The van der Waals surface area contributed by atoms with Crippen molar-refractivity contribution in [3.8, 4) is 11.6 Å². The van der Waals surface area contributed by atoms with Crippen molar-refractivity contribution in [2.45, 2.75) is 13.1 Å². The zero-order valence-electron chi connectivity index (χ0n) is 10.7. The first-order chi connectivity index (χ1) is 9.79. The molecule has 1 aromatic carbocycles. The minimum Gasteiger partial charge on any atom is -0.439 e. The van der Waals surface area contributed by atoms with Crippen LogP contribution in [0.5, 0.6) is 11.6 Å². The van der Waals surface area contributed by atoms with Crippen molar-refractivity contribution in [3.63, 3.8) is 0 Å². The predicted octanol–water partition coefficient (Wildman–Crippen LogP) is 3.02. The van der Waals surface area contributed by atoms with Crippen LogP contribution in [0.2, 0.25) is 0 Å². The number of anilines is 1. The Kier molecular flexibility index (Phi) is 3.94. The highest BCUT2D eigenvalue weighted by molar-refractivity contribution is 5.39. The molecule has 0 unspecified atom stereocenters. The molecule has 1 heterocycles.